The first kappa shape index (κ1) is 32.8. The number of pyridine rings is 1. The van der Waals surface area contributed by atoms with E-state index in [0.717, 1.165) is 0 Å². The number of hydrazone groups is 1. The molecule has 2 aromatic rings. The van der Waals surface area contributed by atoms with Crippen LogP contribution in [0.3, 0.4) is 0 Å². The normalized spacial score (nSPS) is 8.68. The van der Waals surface area contributed by atoms with E-state index in [-0.39, 0.29) is 18.0 Å². The van der Waals surface area contributed by atoms with E-state index in [2.05, 4.69) is 87.3 Å². The lowest BCUT2D eigenvalue weighted by molar-refractivity contribution is -0.115. The van der Waals surface area contributed by atoms with E-state index in [9.17, 15) is 9.59 Å². The summed E-state index contributed by atoms with van der Waals surface area (Å²) < 4.78 is 10.3. The van der Waals surface area contributed by atoms with Crippen molar-refractivity contribution in [1.29, 1.82) is 0 Å². The summed E-state index contributed by atoms with van der Waals surface area (Å²) in [4.78, 5) is 28.1. The number of hydrogen-bond acceptors (Lipinski definition) is 6. The molecule has 0 aliphatic rings. The van der Waals surface area contributed by atoms with Gasteiger partial charge in [-0.2, -0.15) is 5.10 Å². The average Bonchev–Trinajstić information content (AvgIpc) is 2.92. The van der Waals surface area contributed by atoms with Crippen LogP contribution in [0, 0.1) is 0 Å². The lowest BCUT2D eigenvalue weighted by Crippen LogP contribution is -2.22. The molecular weight excluding hydrogens is 504 g/mol. The quantitative estimate of drug-likeness (QED) is 0.276. The summed E-state index contributed by atoms with van der Waals surface area (Å²) in [6.45, 7) is 14.5. The van der Waals surface area contributed by atoms with E-state index >= 15 is 0 Å². The van der Waals surface area contributed by atoms with Crippen LogP contribution in [0.25, 0.3) is 0 Å². The topological polar surface area (TPSA) is 102 Å². The van der Waals surface area contributed by atoms with Crippen LogP contribution in [-0.4, -0.2) is 36.7 Å². The van der Waals surface area contributed by atoms with E-state index in [4.69, 9.17) is 21.1 Å². The number of amides is 2. The second-order valence-electron chi connectivity index (χ2n) is 6.50. The Kier molecular flexibility index (Phi) is 17.3. The zero-order valence-corrected chi connectivity index (χ0v) is 22.2. The molecule has 9 heteroatoms. The lowest BCUT2D eigenvalue weighted by Gasteiger charge is -2.13. The number of benzene rings is 1. The highest BCUT2D eigenvalue weighted by atomic mass is 35.5. The molecule has 0 aliphatic heterocycles. The molecule has 194 valence electrons. The van der Waals surface area contributed by atoms with Crippen molar-refractivity contribution >= 4 is 34.8 Å². The molecule has 1 heterocycles. The van der Waals surface area contributed by atoms with Crippen LogP contribution in [0.1, 0.15) is 23.8 Å². The van der Waals surface area contributed by atoms with Gasteiger partial charge in [-0.3, -0.25) is 14.6 Å². The Morgan fingerprint density at radius 2 is 1.58 bits per heavy atom. The maximum atomic E-state index is 12.2. The third-order valence-electron chi connectivity index (χ3n) is 3.83. The van der Waals surface area contributed by atoms with Gasteiger partial charge in [0.2, 0.25) is 5.91 Å². The molecule has 2 rings (SSSR count). The Balaban J connectivity index is 0.00000104. The van der Waals surface area contributed by atoms with Gasteiger partial charge in [0.05, 0.1) is 31.4 Å². The Morgan fingerprint density at radius 3 is 2.05 bits per heavy atom. The highest BCUT2D eigenvalue weighted by Gasteiger charge is 2.13. The minimum absolute atomic E-state index is 0.0312. The monoisotopic (exact) mass is 530 g/mol. The van der Waals surface area contributed by atoms with Crippen molar-refractivity contribution in [3.05, 3.63) is 114 Å². The average molecular weight is 531 g/mol. The van der Waals surface area contributed by atoms with Gasteiger partial charge in [-0.25, -0.2) is 5.43 Å². The molecule has 38 heavy (non-hydrogen) atoms. The van der Waals surface area contributed by atoms with Crippen molar-refractivity contribution in [2.75, 3.05) is 19.5 Å². The maximum Gasteiger partial charge on any atom is 0.289 e. The fourth-order valence-electron chi connectivity index (χ4n) is 2.28. The Morgan fingerprint density at radius 1 is 0.974 bits per heavy atom. The molecule has 8 nitrogen and oxygen atoms in total. The summed E-state index contributed by atoms with van der Waals surface area (Å²) in [5.74, 6) is -0.00143. The highest BCUT2D eigenvalue weighted by Crippen LogP contribution is 2.35. The molecule has 0 atom stereocenters. The van der Waals surface area contributed by atoms with Gasteiger partial charge in [0.1, 0.15) is 17.2 Å². The largest absolute Gasteiger partial charge is 0.495 e. The van der Waals surface area contributed by atoms with Crippen molar-refractivity contribution in [2.24, 2.45) is 5.10 Å². The molecule has 0 saturated carbocycles. The van der Waals surface area contributed by atoms with Crippen LogP contribution in [0.4, 0.5) is 5.69 Å². The molecule has 0 bridgehead atoms. The number of carbonyl (C=O) groups excluding carboxylic acids is 2. The minimum Gasteiger partial charge on any atom is -0.495 e. The van der Waals surface area contributed by atoms with Crippen molar-refractivity contribution in [2.45, 2.75) is 13.3 Å². The minimum atomic E-state index is -0.459. The fraction of sp³-hybridized carbons (Fsp3) is 0.138. The first-order chi connectivity index (χ1) is 18.3. The van der Waals surface area contributed by atoms with Crippen LogP contribution in [0.2, 0.25) is 5.02 Å². The standard InChI is InChI=1S/C18H19ClN4O4.C6H4.C5H4/c1-11(22-23-18(25)13-6-4-5-7-20-13)8-17(24)21-14-10-15(26-2)12(19)9-16(14)27-3;1-3-5-6-4-2;1-3-5-4-2/h4-7,9-10H,8H2,1-3H3,(H,21,24)(H,23,25);1-2H2;1-2H2/b22-11+;;. The predicted molar refractivity (Wildman–Crippen MR) is 150 cm³/mol. The predicted octanol–water partition coefficient (Wildman–Crippen LogP) is 5.58. The third kappa shape index (κ3) is 13.6. The molecule has 1 aromatic heterocycles. The molecule has 2 N–H and O–H groups in total. The van der Waals surface area contributed by atoms with Crippen molar-refractivity contribution < 1.29 is 19.1 Å². The molecule has 0 aliphatic carbocycles. The molecule has 0 radical (unpaired) electrons. The van der Waals surface area contributed by atoms with E-state index in [1.165, 1.54) is 20.4 Å². The van der Waals surface area contributed by atoms with Gasteiger partial charge in [0.25, 0.3) is 5.91 Å². The Hall–Kier alpha value is -5.19. The second kappa shape index (κ2) is 20.0. The highest BCUT2D eigenvalue weighted by molar-refractivity contribution is 6.32. The molecule has 0 saturated heterocycles. The first-order valence-corrected chi connectivity index (χ1v) is 10.9. The van der Waals surface area contributed by atoms with Gasteiger partial charge in [-0.05, 0) is 62.6 Å². The van der Waals surface area contributed by atoms with Crippen molar-refractivity contribution in [1.82, 2.24) is 10.4 Å². The fourth-order valence-corrected chi connectivity index (χ4v) is 2.51. The lowest BCUT2D eigenvalue weighted by atomic mass is 10.2. The summed E-state index contributed by atoms with van der Waals surface area (Å²) in [5.41, 5.74) is 20.0. The van der Waals surface area contributed by atoms with Crippen molar-refractivity contribution in [3.8, 4) is 11.5 Å². The number of methoxy groups -OCH3 is 2. The molecule has 0 unspecified atom stereocenters. The van der Waals surface area contributed by atoms with Crippen LogP contribution in [0.5, 0.6) is 11.5 Å². The van der Waals surface area contributed by atoms with Crippen molar-refractivity contribution in [3.63, 3.8) is 0 Å². The van der Waals surface area contributed by atoms with Gasteiger partial charge in [-0.1, -0.05) is 40.6 Å². The van der Waals surface area contributed by atoms with Gasteiger partial charge in [0, 0.05) is 24.0 Å². The van der Waals surface area contributed by atoms with Crippen LogP contribution in [-0.2, 0) is 4.79 Å². The van der Waals surface area contributed by atoms with E-state index < -0.39 is 5.91 Å². The second-order valence-corrected chi connectivity index (χ2v) is 6.90. The van der Waals surface area contributed by atoms with Crippen LogP contribution < -0.4 is 20.2 Å². The molecule has 1 aromatic carbocycles. The summed E-state index contributed by atoms with van der Waals surface area (Å²) in [6.07, 6.45) is 1.48. The van der Waals surface area contributed by atoms with Gasteiger partial charge < -0.3 is 14.8 Å². The van der Waals surface area contributed by atoms with Crippen LogP contribution >= 0.6 is 11.6 Å². The first-order valence-electron chi connectivity index (χ1n) is 10.6. The van der Waals surface area contributed by atoms with Gasteiger partial charge in [0.15, 0.2) is 0 Å². The molecule has 0 fully saturated rings. The Bertz CT molecular complexity index is 1360. The summed E-state index contributed by atoms with van der Waals surface area (Å²) >= 11 is 6.04. The number of ether oxygens (including phenoxy) is 2. The third-order valence-corrected chi connectivity index (χ3v) is 4.12. The SMILES string of the molecule is C=C=C=C=C.C=C=C=C=C=C.COc1cc(NC(=O)C/C(C)=N/NC(=O)c2ccccn2)c(OC)cc1Cl. The number of rotatable bonds is 7. The number of halogens is 1. The smallest absolute Gasteiger partial charge is 0.289 e. The van der Waals surface area contributed by atoms with Gasteiger partial charge in [-0.15, -0.1) is 0 Å². The van der Waals surface area contributed by atoms with E-state index in [1.807, 2.05) is 0 Å². The summed E-state index contributed by atoms with van der Waals surface area (Å²) in [7, 11) is 2.94. The van der Waals surface area contributed by atoms with E-state index in [0.29, 0.717) is 27.9 Å². The zero-order chi connectivity index (χ0) is 28.8. The number of nitrogens with one attached hydrogen (secondary N) is 2. The molecular formula is C29H27ClN4O4. The molecule has 0 spiro atoms. The summed E-state index contributed by atoms with van der Waals surface area (Å²) in [6, 6.07) is 8.07. The van der Waals surface area contributed by atoms with Gasteiger partial charge >= 0.3 is 0 Å². The van der Waals surface area contributed by atoms with Crippen LogP contribution in [0.15, 0.2) is 108 Å². The van der Waals surface area contributed by atoms with E-state index in [1.54, 1.807) is 37.3 Å². The Labute approximate surface area is 227 Å². The maximum absolute atomic E-state index is 12.2. The zero-order valence-electron chi connectivity index (χ0n) is 21.4. The molecule has 2 amide bonds. The summed E-state index contributed by atoms with van der Waals surface area (Å²) in [5, 5.41) is 6.98. The number of aromatic nitrogens is 1. The number of hydrogen-bond donors (Lipinski definition) is 2. The number of carbonyl (C=O) groups is 2. The number of nitrogens with zero attached hydrogens (tertiary/aromatic N) is 2. The number of anilines is 1.